The molecule has 0 saturated carbocycles. The van der Waals surface area contributed by atoms with E-state index in [4.69, 9.17) is 11.5 Å². The Morgan fingerprint density at radius 2 is 2.38 bits per heavy atom. The van der Waals surface area contributed by atoms with E-state index >= 15 is 0 Å². The topological polar surface area (TPSA) is 145 Å². The molecule has 21 heavy (non-hydrogen) atoms. The average molecular weight is 349 g/mol. The molecule has 0 aliphatic heterocycles. The molecule has 0 aliphatic rings. The third-order valence-electron chi connectivity index (χ3n) is 1.90. The summed E-state index contributed by atoms with van der Waals surface area (Å²) in [5.74, 6) is 2.02. The van der Waals surface area contributed by atoms with E-state index < -0.39 is 4.92 Å². The maximum absolute atomic E-state index is 10.3. The first-order chi connectivity index (χ1) is 10.0. The number of nitro groups is 1. The molecule has 0 saturated heterocycles. The summed E-state index contributed by atoms with van der Waals surface area (Å²) in [5.41, 5.74) is 10.5. The summed E-state index contributed by atoms with van der Waals surface area (Å²) in [6, 6.07) is 0. The number of aromatic nitrogens is 2. The normalized spacial score (nSPS) is 11.2. The third-order valence-corrected chi connectivity index (χ3v) is 4.19. The van der Waals surface area contributed by atoms with E-state index in [1.165, 1.54) is 11.8 Å². The maximum Gasteiger partial charge on any atom is 0.263 e. The summed E-state index contributed by atoms with van der Waals surface area (Å²) in [4.78, 5) is 17.8. The van der Waals surface area contributed by atoms with Crippen molar-refractivity contribution in [1.29, 1.82) is 0 Å². The van der Waals surface area contributed by atoms with Crippen LogP contribution in [-0.4, -0.2) is 38.8 Å². The van der Waals surface area contributed by atoms with Crippen LogP contribution in [-0.2, 0) is 5.75 Å². The molecule has 1 rings (SSSR count). The standard InChI is InChI=1S/C9H15N7O2S3/c1-19-7(4-16(17)18)12-2-3-20-5-6-13-9(21-15-6)14-8(10)11/h4,12H,2-3,5H2,1H3,(H4,10,11,13,14,15). The number of hydrogen-bond donors (Lipinski definition) is 3. The van der Waals surface area contributed by atoms with Gasteiger partial charge in [0.2, 0.25) is 5.13 Å². The molecule has 0 amide bonds. The lowest BCUT2D eigenvalue weighted by Crippen LogP contribution is -2.21. The molecule has 1 aromatic heterocycles. The van der Waals surface area contributed by atoms with Gasteiger partial charge in [-0.3, -0.25) is 10.1 Å². The average Bonchev–Trinajstić information content (AvgIpc) is 2.83. The van der Waals surface area contributed by atoms with Gasteiger partial charge in [0, 0.05) is 23.8 Å². The predicted molar refractivity (Wildman–Crippen MR) is 88.1 cm³/mol. The molecule has 0 aliphatic carbocycles. The second-order valence-electron chi connectivity index (χ2n) is 3.49. The van der Waals surface area contributed by atoms with Crippen molar-refractivity contribution < 1.29 is 4.92 Å². The van der Waals surface area contributed by atoms with Gasteiger partial charge < -0.3 is 16.8 Å². The molecule has 1 heterocycles. The number of hydrogen-bond acceptors (Lipinski definition) is 9. The third kappa shape index (κ3) is 7.72. The summed E-state index contributed by atoms with van der Waals surface area (Å²) in [5, 5.41) is 14.3. The highest BCUT2D eigenvalue weighted by Gasteiger charge is 2.04. The number of nitrogens with one attached hydrogen (secondary N) is 1. The Labute approximate surface area is 134 Å². The van der Waals surface area contributed by atoms with Crippen molar-refractivity contribution in [3.8, 4) is 0 Å². The minimum Gasteiger partial charge on any atom is -0.374 e. The fraction of sp³-hybridized carbons (Fsp3) is 0.444. The van der Waals surface area contributed by atoms with Gasteiger partial charge >= 0.3 is 0 Å². The summed E-state index contributed by atoms with van der Waals surface area (Å²) in [6.45, 7) is 0.621. The number of aliphatic imine (C=N–C) groups is 1. The highest BCUT2D eigenvalue weighted by Crippen LogP contribution is 2.18. The smallest absolute Gasteiger partial charge is 0.263 e. The Morgan fingerprint density at radius 1 is 1.62 bits per heavy atom. The van der Waals surface area contributed by atoms with Crippen molar-refractivity contribution in [2.24, 2.45) is 16.5 Å². The molecule has 0 aromatic carbocycles. The Hall–Kier alpha value is -1.53. The van der Waals surface area contributed by atoms with E-state index in [0.717, 1.165) is 23.5 Å². The molecule has 0 unspecified atom stereocenters. The minimum absolute atomic E-state index is 0.0447. The fourth-order valence-electron chi connectivity index (χ4n) is 1.14. The first-order valence-electron chi connectivity index (χ1n) is 5.64. The van der Waals surface area contributed by atoms with Gasteiger partial charge in [-0.05, 0) is 6.26 Å². The number of nitrogens with two attached hydrogens (primary N) is 2. The zero-order valence-corrected chi connectivity index (χ0v) is 13.6. The molecule has 0 radical (unpaired) electrons. The van der Waals surface area contributed by atoms with E-state index in [-0.39, 0.29) is 5.96 Å². The molecular weight excluding hydrogens is 334 g/mol. The molecule has 116 valence electrons. The zero-order valence-electron chi connectivity index (χ0n) is 11.2. The second kappa shape index (κ2) is 9.41. The highest BCUT2D eigenvalue weighted by molar-refractivity contribution is 8.02. The number of guanidine groups is 1. The highest BCUT2D eigenvalue weighted by atomic mass is 32.2. The van der Waals surface area contributed by atoms with Crippen LogP contribution in [0.3, 0.4) is 0 Å². The quantitative estimate of drug-likeness (QED) is 0.193. The van der Waals surface area contributed by atoms with E-state index in [1.54, 1.807) is 18.0 Å². The SMILES string of the molecule is CSC(=C[N+](=O)[O-])NCCSCc1nsc(N=C(N)N)n1. The van der Waals surface area contributed by atoms with E-state index in [9.17, 15) is 10.1 Å². The number of thioether (sulfide) groups is 2. The molecule has 0 bridgehead atoms. The van der Waals surface area contributed by atoms with Crippen LogP contribution in [0.15, 0.2) is 16.2 Å². The van der Waals surface area contributed by atoms with Crippen LogP contribution in [0, 0.1) is 10.1 Å². The molecule has 12 heteroatoms. The Balaban J connectivity index is 2.27. The van der Waals surface area contributed by atoms with Crippen molar-refractivity contribution in [1.82, 2.24) is 14.7 Å². The van der Waals surface area contributed by atoms with Gasteiger partial charge in [-0.1, -0.05) is 0 Å². The van der Waals surface area contributed by atoms with Crippen LogP contribution in [0.5, 0.6) is 0 Å². The lowest BCUT2D eigenvalue weighted by Gasteiger charge is -2.04. The van der Waals surface area contributed by atoms with Crippen molar-refractivity contribution in [3.05, 3.63) is 27.2 Å². The van der Waals surface area contributed by atoms with Gasteiger partial charge in [0.05, 0.1) is 10.7 Å². The van der Waals surface area contributed by atoms with Gasteiger partial charge in [0.1, 0.15) is 5.03 Å². The first kappa shape index (κ1) is 17.5. The maximum atomic E-state index is 10.3. The molecule has 0 spiro atoms. The molecule has 1 aromatic rings. The van der Waals surface area contributed by atoms with Gasteiger partial charge in [0.25, 0.3) is 6.20 Å². The summed E-state index contributed by atoms with van der Waals surface area (Å²) in [7, 11) is 0. The van der Waals surface area contributed by atoms with E-state index in [2.05, 4.69) is 19.7 Å². The van der Waals surface area contributed by atoms with Crippen molar-refractivity contribution >= 4 is 46.1 Å². The Bertz CT molecular complexity index is 527. The lowest BCUT2D eigenvalue weighted by atomic mass is 10.7. The van der Waals surface area contributed by atoms with E-state index in [1.807, 2.05) is 0 Å². The summed E-state index contributed by atoms with van der Waals surface area (Å²) in [6.07, 6.45) is 2.73. The van der Waals surface area contributed by atoms with Crippen LogP contribution < -0.4 is 16.8 Å². The van der Waals surface area contributed by atoms with Crippen LogP contribution in [0.25, 0.3) is 0 Å². The minimum atomic E-state index is -0.476. The monoisotopic (exact) mass is 349 g/mol. The molecule has 0 atom stereocenters. The van der Waals surface area contributed by atoms with Gasteiger partial charge in [-0.15, -0.1) is 11.8 Å². The van der Waals surface area contributed by atoms with Crippen LogP contribution in [0.1, 0.15) is 5.82 Å². The van der Waals surface area contributed by atoms with Crippen LogP contribution in [0.4, 0.5) is 5.13 Å². The van der Waals surface area contributed by atoms with Gasteiger partial charge in [-0.2, -0.15) is 21.1 Å². The molecular formula is C9H15N7O2S3. The molecule has 0 fully saturated rings. The van der Waals surface area contributed by atoms with E-state index in [0.29, 0.717) is 28.3 Å². The van der Waals surface area contributed by atoms with Crippen LogP contribution in [0.2, 0.25) is 0 Å². The summed E-state index contributed by atoms with van der Waals surface area (Å²) >= 11 is 4.04. The van der Waals surface area contributed by atoms with Crippen molar-refractivity contribution in [2.45, 2.75) is 5.75 Å². The molecule has 5 N–H and O–H groups in total. The largest absolute Gasteiger partial charge is 0.374 e. The zero-order chi connectivity index (χ0) is 15.7. The number of rotatable bonds is 9. The van der Waals surface area contributed by atoms with Crippen molar-refractivity contribution in [2.75, 3.05) is 18.6 Å². The van der Waals surface area contributed by atoms with Crippen molar-refractivity contribution in [3.63, 3.8) is 0 Å². The summed E-state index contributed by atoms with van der Waals surface area (Å²) < 4.78 is 4.12. The number of nitrogens with zero attached hydrogens (tertiary/aromatic N) is 4. The Morgan fingerprint density at radius 3 is 3.00 bits per heavy atom. The predicted octanol–water partition coefficient (Wildman–Crippen LogP) is 0.704. The molecule has 9 nitrogen and oxygen atoms in total. The van der Waals surface area contributed by atoms with Gasteiger partial charge in [0.15, 0.2) is 11.8 Å². The fourth-order valence-corrected chi connectivity index (χ4v) is 2.94. The van der Waals surface area contributed by atoms with Gasteiger partial charge in [-0.25, -0.2) is 4.98 Å². The first-order valence-corrected chi connectivity index (χ1v) is 8.79. The Kier molecular flexibility index (Phi) is 7.85. The lowest BCUT2D eigenvalue weighted by molar-refractivity contribution is -0.403. The van der Waals surface area contributed by atoms with Crippen LogP contribution >= 0.6 is 35.1 Å². The second-order valence-corrected chi connectivity index (χ2v) is 6.18.